The summed E-state index contributed by atoms with van der Waals surface area (Å²) >= 11 is 0. The Morgan fingerprint density at radius 1 is 1.04 bits per heavy atom. The van der Waals surface area contributed by atoms with Crippen LogP contribution in [0.2, 0.25) is 0 Å². The molecule has 6 nitrogen and oxygen atoms in total. The van der Waals surface area contributed by atoms with E-state index < -0.39 is 0 Å². The number of nitrogens with two attached hydrogens (primary N) is 1. The van der Waals surface area contributed by atoms with E-state index in [9.17, 15) is 0 Å². The van der Waals surface area contributed by atoms with Gasteiger partial charge >= 0.3 is 0 Å². The standard InChI is InChI=1S/C22H20N6/c23-20(17-6-3-7-18-16(17)8-9-25-18)19-21(24)26-12-27-22(19)28-15-10-13-4-1-2-5-14(13)11-15/h1-9,12,15,23,25H,10-11H2,(H3,24,26,27,28). The number of hydrogen-bond donors (Lipinski definition) is 4. The van der Waals surface area contributed by atoms with Crippen molar-refractivity contribution < 1.29 is 0 Å². The quantitative estimate of drug-likeness (QED) is 0.414. The Hall–Kier alpha value is -3.67. The molecule has 2 heterocycles. The van der Waals surface area contributed by atoms with Crippen molar-refractivity contribution in [3.63, 3.8) is 0 Å². The largest absolute Gasteiger partial charge is 0.383 e. The maximum Gasteiger partial charge on any atom is 0.141 e. The third-order valence-corrected chi connectivity index (χ3v) is 5.38. The maximum absolute atomic E-state index is 8.86. The molecule has 6 heteroatoms. The molecule has 4 aromatic rings. The van der Waals surface area contributed by atoms with Crippen molar-refractivity contribution in [2.24, 2.45) is 0 Å². The lowest BCUT2D eigenvalue weighted by Crippen LogP contribution is -2.23. The van der Waals surface area contributed by atoms with E-state index in [4.69, 9.17) is 11.1 Å². The average Bonchev–Trinajstić information content (AvgIpc) is 3.33. The van der Waals surface area contributed by atoms with Crippen molar-refractivity contribution in [3.05, 3.63) is 83.3 Å². The minimum Gasteiger partial charge on any atom is -0.383 e. The zero-order chi connectivity index (χ0) is 19.1. The molecule has 0 fully saturated rings. The molecule has 0 aliphatic heterocycles. The highest BCUT2D eigenvalue weighted by Crippen LogP contribution is 2.29. The van der Waals surface area contributed by atoms with Gasteiger partial charge in [-0.1, -0.05) is 36.4 Å². The molecule has 28 heavy (non-hydrogen) atoms. The molecule has 2 aromatic carbocycles. The molecule has 138 valence electrons. The Balaban J connectivity index is 1.51. The Kier molecular flexibility index (Phi) is 3.83. The summed E-state index contributed by atoms with van der Waals surface area (Å²) in [5, 5.41) is 13.4. The van der Waals surface area contributed by atoms with Gasteiger partial charge in [0, 0.05) is 28.7 Å². The van der Waals surface area contributed by atoms with Crippen molar-refractivity contribution in [3.8, 4) is 0 Å². The number of nitrogen functional groups attached to an aromatic ring is 1. The lowest BCUT2D eigenvalue weighted by atomic mass is 9.99. The fraction of sp³-hybridized carbons (Fsp3) is 0.136. The molecule has 0 unspecified atom stereocenters. The van der Waals surface area contributed by atoms with E-state index >= 15 is 0 Å². The van der Waals surface area contributed by atoms with Gasteiger partial charge in [0.05, 0.1) is 11.3 Å². The first-order chi connectivity index (χ1) is 13.7. The van der Waals surface area contributed by atoms with Crippen molar-refractivity contribution >= 4 is 28.3 Å². The molecule has 5 N–H and O–H groups in total. The van der Waals surface area contributed by atoms with Crippen LogP contribution in [0, 0.1) is 5.41 Å². The number of benzene rings is 2. The molecule has 0 saturated heterocycles. The maximum atomic E-state index is 8.86. The summed E-state index contributed by atoms with van der Waals surface area (Å²) < 4.78 is 0. The Bertz CT molecular complexity index is 1170. The van der Waals surface area contributed by atoms with E-state index in [-0.39, 0.29) is 6.04 Å². The molecule has 5 rings (SSSR count). The average molecular weight is 368 g/mol. The third kappa shape index (κ3) is 2.70. The van der Waals surface area contributed by atoms with E-state index in [2.05, 4.69) is 44.5 Å². The highest BCUT2D eigenvalue weighted by atomic mass is 15.1. The number of aromatic nitrogens is 3. The predicted molar refractivity (Wildman–Crippen MR) is 112 cm³/mol. The predicted octanol–water partition coefficient (Wildman–Crippen LogP) is 3.54. The summed E-state index contributed by atoms with van der Waals surface area (Å²) in [6, 6.07) is 16.5. The van der Waals surface area contributed by atoms with Gasteiger partial charge in [-0.2, -0.15) is 0 Å². The number of rotatable bonds is 4. The summed E-state index contributed by atoms with van der Waals surface area (Å²) in [5.41, 5.74) is 11.6. The molecule has 0 saturated carbocycles. The normalized spacial score (nSPS) is 13.6. The van der Waals surface area contributed by atoms with Gasteiger partial charge in [-0.15, -0.1) is 0 Å². The molecular formula is C22H20N6. The van der Waals surface area contributed by atoms with Gasteiger partial charge in [0.2, 0.25) is 0 Å². The first kappa shape index (κ1) is 16.5. The van der Waals surface area contributed by atoms with E-state index in [1.807, 2.05) is 30.5 Å². The van der Waals surface area contributed by atoms with Gasteiger partial charge in [0.25, 0.3) is 0 Å². The van der Waals surface area contributed by atoms with Crippen molar-refractivity contribution in [2.75, 3.05) is 11.1 Å². The molecule has 0 amide bonds. The minimum atomic E-state index is 0.223. The van der Waals surface area contributed by atoms with Gasteiger partial charge in [0.15, 0.2) is 0 Å². The zero-order valence-corrected chi connectivity index (χ0v) is 15.2. The second kappa shape index (κ2) is 6.49. The van der Waals surface area contributed by atoms with Gasteiger partial charge in [-0.3, -0.25) is 5.41 Å². The molecule has 1 aliphatic rings. The van der Waals surface area contributed by atoms with Gasteiger partial charge < -0.3 is 16.0 Å². The number of nitrogens with one attached hydrogen (secondary N) is 3. The summed E-state index contributed by atoms with van der Waals surface area (Å²) in [6.07, 6.45) is 5.19. The van der Waals surface area contributed by atoms with Crippen LogP contribution in [-0.2, 0) is 12.8 Å². The van der Waals surface area contributed by atoms with Crippen LogP contribution in [0.4, 0.5) is 11.6 Å². The van der Waals surface area contributed by atoms with E-state index in [0.29, 0.717) is 22.9 Å². The molecule has 0 bridgehead atoms. The van der Waals surface area contributed by atoms with E-state index in [1.165, 1.54) is 17.5 Å². The smallest absolute Gasteiger partial charge is 0.141 e. The molecule has 0 radical (unpaired) electrons. The number of anilines is 2. The fourth-order valence-electron chi connectivity index (χ4n) is 4.05. The van der Waals surface area contributed by atoms with Crippen LogP contribution < -0.4 is 11.1 Å². The van der Waals surface area contributed by atoms with Crippen LogP contribution in [0.5, 0.6) is 0 Å². The molecule has 2 aromatic heterocycles. The first-order valence-corrected chi connectivity index (χ1v) is 9.30. The fourth-order valence-corrected chi connectivity index (χ4v) is 4.05. The second-order valence-electron chi connectivity index (χ2n) is 7.12. The highest BCUT2D eigenvalue weighted by molar-refractivity contribution is 6.21. The van der Waals surface area contributed by atoms with Crippen LogP contribution in [0.1, 0.15) is 22.3 Å². The lowest BCUT2D eigenvalue weighted by Gasteiger charge is -2.18. The lowest BCUT2D eigenvalue weighted by molar-refractivity contribution is 0.767. The van der Waals surface area contributed by atoms with Crippen LogP contribution in [0.25, 0.3) is 10.9 Å². The van der Waals surface area contributed by atoms with Crippen LogP contribution in [-0.4, -0.2) is 26.7 Å². The molecule has 1 aliphatic carbocycles. The van der Waals surface area contributed by atoms with Crippen LogP contribution in [0.15, 0.2) is 61.1 Å². The monoisotopic (exact) mass is 368 g/mol. The van der Waals surface area contributed by atoms with E-state index in [0.717, 1.165) is 29.3 Å². The highest BCUT2D eigenvalue weighted by Gasteiger charge is 2.24. The van der Waals surface area contributed by atoms with Gasteiger partial charge in [-0.25, -0.2) is 9.97 Å². The Labute approximate surface area is 162 Å². The van der Waals surface area contributed by atoms with Gasteiger partial charge in [-0.05, 0) is 36.1 Å². The number of aromatic amines is 1. The molecule has 0 atom stereocenters. The number of fused-ring (bicyclic) bond motifs is 2. The zero-order valence-electron chi connectivity index (χ0n) is 15.2. The van der Waals surface area contributed by atoms with Crippen molar-refractivity contribution in [1.29, 1.82) is 5.41 Å². The number of nitrogens with zero attached hydrogens (tertiary/aromatic N) is 2. The van der Waals surface area contributed by atoms with Crippen molar-refractivity contribution in [1.82, 2.24) is 15.0 Å². The number of H-pyrrole nitrogens is 1. The minimum absolute atomic E-state index is 0.223. The third-order valence-electron chi connectivity index (χ3n) is 5.38. The first-order valence-electron chi connectivity index (χ1n) is 9.30. The summed E-state index contributed by atoms with van der Waals surface area (Å²) in [4.78, 5) is 11.8. The van der Waals surface area contributed by atoms with Crippen LogP contribution in [0.3, 0.4) is 0 Å². The van der Waals surface area contributed by atoms with Crippen molar-refractivity contribution in [2.45, 2.75) is 18.9 Å². The Morgan fingerprint density at radius 2 is 1.82 bits per heavy atom. The van der Waals surface area contributed by atoms with E-state index in [1.54, 1.807) is 0 Å². The van der Waals surface area contributed by atoms with Gasteiger partial charge in [0.1, 0.15) is 18.0 Å². The topological polar surface area (TPSA) is 103 Å². The molecule has 0 spiro atoms. The summed E-state index contributed by atoms with van der Waals surface area (Å²) in [7, 11) is 0. The SMILES string of the molecule is N=C(c1c(N)ncnc1NC1Cc2ccccc2C1)c1cccc2[nH]ccc12. The Morgan fingerprint density at radius 3 is 2.61 bits per heavy atom. The summed E-state index contributed by atoms with van der Waals surface area (Å²) in [6.45, 7) is 0. The number of hydrogen-bond acceptors (Lipinski definition) is 5. The molecular weight excluding hydrogens is 348 g/mol. The summed E-state index contributed by atoms with van der Waals surface area (Å²) in [5.74, 6) is 0.924. The second-order valence-corrected chi connectivity index (χ2v) is 7.12. The van der Waals surface area contributed by atoms with Crippen LogP contribution >= 0.6 is 0 Å².